The SMILES string of the molecule is COC1CCCC1NC(=O)C1(N)C2CCOC2C1(C)C. The molecule has 5 nitrogen and oxygen atoms in total. The van der Waals surface area contributed by atoms with Gasteiger partial charge in [-0.3, -0.25) is 4.79 Å². The van der Waals surface area contributed by atoms with Crippen molar-refractivity contribution in [1.29, 1.82) is 0 Å². The fourth-order valence-electron chi connectivity index (χ4n) is 4.51. The summed E-state index contributed by atoms with van der Waals surface area (Å²) in [5, 5.41) is 3.15. The van der Waals surface area contributed by atoms with Crippen LogP contribution in [0.3, 0.4) is 0 Å². The van der Waals surface area contributed by atoms with Crippen LogP contribution in [0.5, 0.6) is 0 Å². The number of nitrogens with two attached hydrogens (primary N) is 1. The van der Waals surface area contributed by atoms with Crippen molar-refractivity contribution in [2.45, 2.75) is 63.3 Å². The largest absolute Gasteiger partial charge is 0.379 e. The standard InChI is InChI=1S/C15H26N2O3/c1-14(2)12-9(7-8-20-12)15(14,16)13(18)17-10-5-4-6-11(10)19-3/h9-12H,4-8,16H2,1-3H3,(H,17,18). The molecule has 3 aliphatic rings. The van der Waals surface area contributed by atoms with Gasteiger partial charge in [-0.1, -0.05) is 13.8 Å². The summed E-state index contributed by atoms with van der Waals surface area (Å²) < 4.78 is 11.2. The van der Waals surface area contributed by atoms with E-state index in [1.807, 2.05) is 13.8 Å². The molecule has 1 saturated heterocycles. The summed E-state index contributed by atoms with van der Waals surface area (Å²) in [6.45, 7) is 4.80. The lowest BCUT2D eigenvalue weighted by Gasteiger charge is -2.60. The monoisotopic (exact) mass is 282 g/mol. The number of rotatable bonds is 3. The van der Waals surface area contributed by atoms with Gasteiger partial charge in [0.25, 0.3) is 0 Å². The zero-order chi connectivity index (χ0) is 14.5. The highest BCUT2D eigenvalue weighted by Gasteiger charge is 2.71. The van der Waals surface area contributed by atoms with Gasteiger partial charge in [0.15, 0.2) is 0 Å². The van der Waals surface area contributed by atoms with Crippen LogP contribution in [0, 0.1) is 11.3 Å². The van der Waals surface area contributed by atoms with Crippen molar-refractivity contribution in [3.8, 4) is 0 Å². The first-order valence-corrected chi connectivity index (χ1v) is 7.67. The first kappa shape index (κ1) is 14.3. The quantitative estimate of drug-likeness (QED) is 0.803. The molecule has 0 spiro atoms. The van der Waals surface area contributed by atoms with Gasteiger partial charge < -0.3 is 20.5 Å². The van der Waals surface area contributed by atoms with Gasteiger partial charge in [0.1, 0.15) is 5.54 Å². The zero-order valence-electron chi connectivity index (χ0n) is 12.6. The van der Waals surface area contributed by atoms with Crippen LogP contribution in [-0.4, -0.2) is 43.4 Å². The molecule has 3 rings (SSSR count). The predicted octanol–water partition coefficient (Wildman–Crippen LogP) is 0.813. The lowest BCUT2D eigenvalue weighted by atomic mass is 9.48. The lowest BCUT2D eigenvalue weighted by Crippen LogP contribution is -2.80. The molecule has 114 valence electrons. The molecule has 0 aromatic rings. The Bertz CT molecular complexity index is 412. The van der Waals surface area contributed by atoms with E-state index in [2.05, 4.69) is 5.32 Å². The maximum Gasteiger partial charge on any atom is 0.241 e. The smallest absolute Gasteiger partial charge is 0.241 e. The third kappa shape index (κ3) is 1.69. The van der Waals surface area contributed by atoms with Crippen molar-refractivity contribution in [2.24, 2.45) is 17.1 Å². The number of fused-ring (bicyclic) bond motifs is 1. The second kappa shape index (κ2) is 4.68. The molecule has 2 aliphatic carbocycles. The Morgan fingerprint density at radius 3 is 2.80 bits per heavy atom. The Labute approximate surface area is 120 Å². The first-order chi connectivity index (χ1) is 9.42. The number of ether oxygens (including phenoxy) is 2. The highest BCUT2D eigenvalue weighted by Crippen LogP contribution is 2.58. The Morgan fingerprint density at radius 1 is 1.35 bits per heavy atom. The van der Waals surface area contributed by atoms with Crippen molar-refractivity contribution >= 4 is 5.91 Å². The Hall–Kier alpha value is -0.650. The molecular formula is C15H26N2O3. The van der Waals surface area contributed by atoms with Gasteiger partial charge in [-0.2, -0.15) is 0 Å². The van der Waals surface area contributed by atoms with E-state index in [9.17, 15) is 4.79 Å². The topological polar surface area (TPSA) is 73.6 Å². The van der Waals surface area contributed by atoms with E-state index in [0.717, 1.165) is 32.3 Å². The summed E-state index contributed by atoms with van der Waals surface area (Å²) in [5.74, 6) is 0.128. The van der Waals surface area contributed by atoms with Gasteiger partial charge in [0, 0.05) is 25.0 Å². The second-order valence-electron chi connectivity index (χ2n) is 7.06. The van der Waals surface area contributed by atoms with E-state index in [-0.39, 0.29) is 35.5 Å². The van der Waals surface area contributed by atoms with Crippen LogP contribution < -0.4 is 11.1 Å². The molecule has 3 fully saturated rings. The fraction of sp³-hybridized carbons (Fsp3) is 0.933. The van der Waals surface area contributed by atoms with E-state index in [1.165, 1.54) is 0 Å². The van der Waals surface area contributed by atoms with Crippen LogP contribution in [-0.2, 0) is 14.3 Å². The third-order valence-corrected chi connectivity index (χ3v) is 5.90. The number of hydrogen-bond donors (Lipinski definition) is 2. The number of amides is 1. The molecule has 5 unspecified atom stereocenters. The van der Waals surface area contributed by atoms with Gasteiger partial charge in [0.05, 0.1) is 18.2 Å². The Morgan fingerprint density at radius 2 is 2.10 bits per heavy atom. The van der Waals surface area contributed by atoms with Crippen molar-refractivity contribution in [3.05, 3.63) is 0 Å². The summed E-state index contributed by atoms with van der Waals surface area (Å²) in [4.78, 5) is 12.8. The first-order valence-electron chi connectivity index (χ1n) is 7.67. The van der Waals surface area contributed by atoms with E-state index in [1.54, 1.807) is 7.11 Å². The Kier molecular flexibility index (Phi) is 3.35. The van der Waals surface area contributed by atoms with Crippen LogP contribution in [0.2, 0.25) is 0 Å². The summed E-state index contributed by atoms with van der Waals surface area (Å²) in [7, 11) is 1.71. The molecule has 5 atom stereocenters. The predicted molar refractivity (Wildman–Crippen MR) is 75.1 cm³/mol. The average molecular weight is 282 g/mol. The highest BCUT2D eigenvalue weighted by molar-refractivity contribution is 5.89. The summed E-state index contributed by atoms with van der Waals surface area (Å²) in [6.07, 6.45) is 4.22. The van der Waals surface area contributed by atoms with E-state index < -0.39 is 5.54 Å². The minimum Gasteiger partial charge on any atom is -0.379 e. The summed E-state index contributed by atoms with van der Waals surface area (Å²) in [5.41, 5.74) is 5.42. The van der Waals surface area contributed by atoms with Crippen molar-refractivity contribution < 1.29 is 14.3 Å². The van der Waals surface area contributed by atoms with Crippen LogP contribution in [0.1, 0.15) is 39.5 Å². The van der Waals surface area contributed by atoms with Gasteiger partial charge in [0.2, 0.25) is 5.91 Å². The molecule has 5 heteroatoms. The third-order valence-electron chi connectivity index (χ3n) is 5.90. The number of methoxy groups -OCH3 is 1. The molecule has 0 radical (unpaired) electrons. The van der Waals surface area contributed by atoms with Crippen LogP contribution >= 0.6 is 0 Å². The molecule has 3 N–H and O–H groups in total. The molecular weight excluding hydrogens is 256 g/mol. The molecule has 2 saturated carbocycles. The number of carbonyl (C=O) groups excluding carboxylic acids is 1. The van der Waals surface area contributed by atoms with Crippen molar-refractivity contribution in [2.75, 3.05) is 13.7 Å². The summed E-state index contributed by atoms with van der Waals surface area (Å²) in [6, 6.07) is 0.102. The second-order valence-corrected chi connectivity index (χ2v) is 7.06. The van der Waals surface area contributed by atoms with Crippen molar-refractivity contribution in [3.63, 3.8) is 0 Å². The molecule has 1 heterocycles. The van der Waals surface area contributed by atoms with Gasteiger partial charge in [-0.25, -0.2) is 0 Å². The molecule has 1 aliphatic heterocycles. The van der Waals surface area contributed by atoms with Crippen molar-refractivity contribution in [1.82, 2.24) is 5.32 Å². The lowest BCUT2D eigenvalue weighted by molar-refractivity contribution is -0.176. The molecule has 1 amide bonds. The fourth-order valence-corrected chi connectivity index (χ4v) is 4.51. The maximum atomic E-state index is 12.8. The molecule has 20 heavy (non-hydrogen) atoms. The van der Waals surface area contributed by atoms with Crippen LogP contribution in [0.4, 0.5) is 0 Å². The minimum absolute atomic E-state index is 0.0248. The number of nitrogens with one attached hydrogen (secondary N) is 1. The number of hydrogen-bond acceptors (Lipinski definition) is 4. The number of carbonyl (C=O) groups is 1. The summed E-state index contributed by atoms with van der Waals surface area (Å²) >= 11 is 0. The molecule has 0 aromatic heterocycles. The molecule has 0 aromatic carbocycles. The van der Waals surface area contributed by atoms with Gasteiger partial charge in [-0.15, -0.1) is 0 Å². The normalized spacial score (nSPS) is 45.8. The Balaban J connectivity index is 1.73. The van der Waals surface area contributed by atoms with Gasteiger partial charge in [-0.05, 0) is 25.7 Å². The van der Waals surface area contributed by atoms with E-state index >= 15 is 0 Å². The van der Waals surface area contributed by atoms with Gasteiger partial charge >= 0.3 is 0 Å². The molecule has 0 bridgehead atoms. The van der Waals surface area contributed by atoms with Crippen LogP contribution in [0.25, 0.3) is 0 Å². The van der Waals surface area contributed by atoms with E-state index in [0.29, 0.717) is 0 Å². The minimum atomic E-state index is -0.810. The van der Waals surface area contributed by atoms with E-state index in [4.69, 9.17) is 15.2 Å². The maximum absolute atomic E-state index is 12.8. The highest BCUT2D eigenvalue weighted by atomic mass is 16.5. The van der Waals surface area contributed by atoms with Crippen LogP contribution in [0.15, 0.2) is 0 Å². The zero-order valence-corrected chi connectivity index (χ0v) is 12.6. The average Bonchev–Trinajstić information content (AvgIpc) is 3.05.